The van der Waals surface area contributed by atoms with E-state index in [0.29, 0.717) is 19.8 Å². The highest BCUT2D eigenvalue weighted by Gasteiger charge is 2.23. The maximum atomic E-state index is 5.82. The molecule has 92 valence electrons. The number of hydrogen-bond acceptors (Lipinski definition) is 4. The summed E-state index contributed by atoms with van der Waals surface area (Å²) in [5.74, 6) is 0.724. The van der Waals surface area contributed by atoms with Gasteiger partial charge in [0, 0.05) is 17.8 Å². The van der Waals surface area contributed by atoms with E-state index in [9.17, 15) is 0 Å². The first-order valence-electron chi connectivity index (χ1n) is 6.33. The van der Waals surface area contributed by atoms with Crippen LogP contribution in [-0.2, 0) is 24.1 Å². The summed E-state index contributed by atoms with van der Waals surface area (Å²) in [6, 6.07) is 2.18. The van der Waals surface area contributed by atoms with Crippen LogP contribution in [0.25, 0.3) is 0 Å². The molecule has 0 bridgehead atoms. The lowest BCUT2D eigenvalue weighted by Crippen LogP contribution is -2.39. The fourth-order valence-electron chi connectivity index (χ4n) is 2.35. The second kappa shape index (κ2) is 4.63. The van der Waals surface area contributed by atoms with Crippen LogP contribution in [0.2, 0.25) is 0 Å². The largest absolute Gasteiger partial charge is 0.469 e. The van der Waals surface area contributed by atoms with Crippen LogP contribution in [0.5, 0.6) is 5.88 Å². The predicted molar refractivity (Wildman–Crippen MR) is 64.0 cm³/mol. The Bertz CT molecular complexity index is 416. The zero-order valence-electron chi connectivity index (χ0n) is 9.95. The second-order valence-electron chi connectivity index (χ2n) is 4.75. The molecule has 2 N–H and O–H groups in total. The molecule has 1 saturated heterocycles. The molecule has 3 rings (SSSR count). The molecule has 1 aliphatic carbocycles. The van der Waals surface area contributed by atoms with Crippen molar-refractivity contribution in [3.8, 4) is 5.88 Å². The highest BCUT2D eigenvalue weighted by Crippen LogP contribution is 2.27. The van der Waals surface area contributed by atoms with Gasteiger partial charge in [-0.1, -0.05) is 0 Å². The van der Waals surface area contributed by atoms with Gasteiger partial charge in [0.25, 0.3) is 0 Å². The molecule has 4 heteroatoms. The average molecular weight is 234 g/mol. The molecule has 2 aliphatic rings. The summed E-state index contributed by atoms with van der Waals surface area (Å²) in [6.07, 6.45) is 4.85. The molecule has 4 nitrogen and oxygen atoms in total. The minimum absolute atomic E-state index is 0.162. The van der Waals surface area contributed by atoms with Gasteiger partial charge in [0.05, 0.1) is 13.2 Å². The van der Waals surface area contributed by atoms with E-state index in [1.165, 1.54) is 24.1 Å². The van der Waals surface area contributed by atoms with E-state index in [1.807, 2.05) is 0 Å². The van der Waals surface area contributed by atoms with Crippen molar-refractivity contribution in [2.24, 2.45) is 5.73 Å². The van der Waals surface area contributed by atoms with Crippen LogP contribution < -0.4 is 10.5 Å². The molecular formula is C13H18N2O2. The van der Waals surface area contributed by atoms with Gasteiger partial charge < -0.3 is 15.2 Å². The number of nitrogens with zero attached hydrogens (tertiary/aromatic N) is 1. The van der Waals surface area contributed by atoms with Gasteiger partial charge in [0.2, 0.25) is 5.88 Å². The molecule has 0 atom stereocenters. The fourth-order valence-corrected chi connectivity index (χ4v) is 2.35. The summed E-state index contributed by atoms with van der Waals surface area (Å²) in [7, 11) is 0. The molecule has 1 aliphatic heterocycles. The Labute approximate surface area is 101 Å². The molecule has 0 saturated carbocycles. The molecule has 1 aromatic rings. The lowest BCUT2D eigenvalue weighted by molar-refractivity contribution is -0.0817. The van der Waals surface area contributed by atoms with E-state index in [-0.39, 0.29) is 6.10 Å². The highest BCUT2D eigenvalue weighted by atomic mass is 16.6. The van der Waals surface area contributed by atoms with E-state index in [0.717, 1.165) is 24.3 Å². The van der Waals surface area contributed by atoms with Crippen molar-refractivity contribution in [1.29, 1.82) is 0 Å². The molecule has 0 unspecified atom stereocenters. The van der Waals surface area contributed by atoms with Crippen molar-refractivity contribution in [2.75, 3.05) is 13.2 Å². The summed E-state index contributed by atoms with van der Waals surface area (Å²) < 4.78 is 10.9. The van der Waals surface area contributed by atoms with E-state index in [1.54, 1.807) is 0 Å². The smallest absolute Gasteiger partial charge is 0.218 e. The van der Waals surface area contributed by atoms with Crippen molar-refractivity contribution in [3.63, 3.8) is 0 Å². The number of fused-ring (bicyclic) bond motifs is 1. The molecule has 0 radical (unpaired) electrons. The number of nitrogens with two attached hydrogens (primary N) is 1. The maximum absolute atomic E-state index is 5.82. The first-order chi connectivity index (χ1) is 8.36. The third-order valence-electron chi connectivity index (χ3n) is 3.45. The average Bonchev–Trinajstić information content (AvgIpc) is 2.32. The van der Waals surface area contributed by atoms with E-state index >= 15 is 0 Å². The number of aryl methyl sites for hydroxylation is 2. The zero-order valence-corrected chi connectivity index (χ0v) is 9.95. The Balaban J connectivity index is 1.88. The van der Waals surface area contributed by atoms with Gasteiger partial charge in [-0.15, -0.1) is 0 Å². The van der Waals surface area contributed by atoms with Crippen LogP contribution >= 0.6 is 0 Å². The summed E-state index contributed by atoms with van der Waals surface area (Å²) >= 11 is 0. The topological polar surface area (TPSA) is 57.4 Å². The van der Waals surface area contributed by atoms with Gasteiger partial charge in [0.1, 0.15) is 6.10 Å². The number of aromatic nitrogens is 1. The van der Waals surface area contributed by atoms with Gasteiger partial charge in [-0.25, -0.2) is 4.98 Å². The number of ether oxygens (including phenoxy) is 2. The van der Waals surface area contributed by atoms with E-state index in [2.05, 4.69) is 11.1 Å². The van der Waals surface area contributed by atoms with Gasteiger partial charge in [-0.3, -0.25) is 0 Å². The lowest BCUT2D eigenvalue weighted by atomic mass is 9.95. The summed E-state index contributed by atoms with van der Waals surface area (Å²) in [6.45, 7) is 1.83. The van der Waals surface area contributed by atoms with E-state index < -0.39 is 0 Å². The monoisotopic (exact) mass is 234 g/mol. The SMILES string of the molecule is NCc1cc2c(nc1OC1COC1)CCCC2. The summed E-state index contributed by atoms with van der Waals surface area (Å²) in [5, 5.41) is 0. The van der Waals surface area contributed by atoms with Crippen molar-refractivity contribution in [1.82, 2.24) is 4.98 Å². The van der Waals surface area contributed by atoms with Crippen LogP contribution in [0.1, 0.15) is 29.7 Å². The van der Waals surface area contributed by atoms with Crippen LogP contribution in [-0.4, -0.2) is 24.3 Å². The number of rotatable bonds is 3. The first kappa shape index (κ1) is 11.0. The molecule has 0 spiro atoms. The zero-order chi connectivity index (χ0) is 11.7. The Kier molecular flexibility index (Phi) is 2.99. The fraction of sp³-hybridized carbons (Fsp3) is 0.615. The summed E-state index contributed by atoms with van der Waals surface area (Å²) in [4.78, 5) is 4.65. The van der Waals surface area contributed by atoms with Crippen molar-refractivity contribution in [2.45, 2.75) is 38.3 Å². The third kappa shape index (κ3) is 2.15. The van der Waals surface area contributed by atoms with Crippen LogP contribution in [0.4, 0.5) is 0 Å². The standard InChI is InChI=1S/C13H18N2O2/c14-6-10-5-9-3-1-2-4-12(9)15-13(10)17-11-7-16-8-11/h5,11H,1-4,6-8,14H2. The molecule has 2 heterocycles. The van der Waals surface area contributed by atoms with Crippen LogP contribution in [0.3, 0.4) is 0 Å². The Morgan fingerprint density at radius 1 is 1.35 bits per heavy atom. The van der Waals surface area contributed by atoms with E-state index in [4.69, 9.17) is 15.2 Å². The minimum atomic E-state index is 0.162. The normalized spacial score (nSPS) is 19.6. The summed E-state index contributed by atoms with van der Waals surface area (Å²) in [5.41, 5.74) is 9.35. The molecular weight excluding hydrogens is 216 g/mol. The molecule has 17 heavy (non-hydrogen) atoms. The highest BCUT2D eigenvalue weighted by molar-refractivity contribution is 5.36. The van der Waals surface area contributed by atoms with Crippen molar-refractivity contribution in [3.05, 3.63) is 22.9 Å². The maximum Gasteiger partial charge on any atom is 0.218 e. The van der Waals surface area contributed by atoms with Crippen LogP contribution in [0.15, 0.2) is 6.07 Å². The lowest BCUT2D eigenvalue weighted by Gasteiger charge is -2.28. The second-order valence-corrected chi connectivity index (χ2v) is 4.75. The first-order valence-corrected chi connectivity index (χ1v) is 6.33. The molecule has 1 aromatic heterocycles. The van der Waals surface area contributed by atoms with Crippen molar-refractivity contribution >= 4 is 0 Å². The minimum Gasteiger partial charge on any atom is -0.469 e. The molecule has 0 aromatic carbocycles. The number of hydrogen-bond donors (Lipinski definition) is 1. The Morgan fingerprint density at radius 2 is 2.18 bits per heavy atom. The van der Waals surface area contributed by atoms with Gasteiger partial charge in [-0.2, -0.15) is 0 Å². The van der Waals surface area contributed by atoms with Gasteiger partial charge in [-0.05, 0) is 37.3 Å². The van der Waals surface area contributed by atoms with Crippen molar-refractivity contribution < 1.29 is 9.47 Å². The molecule has 0 amide bonds. The predicted octanol–water partition coefficient (Wildman–Crippen LogP) is 1.20. The Morgan fingerprint density at radius 3 is 2.88 bits per heavy atom. The van der Waals surface area contributed by atoms with Crippen LogP contribution in [0, 0.1) is 0 Å². The number of pyridine rings is 1. The Hall–Kier alpha value is -1.13. The van der Waals surface area contributed by atoms with Gasteiger partial charge >= 0.3 is 0 Å². The molecule has 1 fully saturated rings. The quantitative estimate of drug-likeness (QED) is 0.853. The van der Waals surface area contributed by atoms with Gasteiger partial charge in [0.15, 0.2) is 0 Å². The third-order valence-corrected chi connectivity index (χ3v) is 3.45.